The highest BCUT2D eigenvalue weighted by Crippen LogP contribution is 2.25. The number of urea groups is 1. The fraction of sp³-hybridized carbons (Fsp3) is 0. The highest BCUT2D eigenvalue weighted by Gasteiger charge is 2.25. The van der Waals surface area contributed by atoms with Crippen LogP contribution in [0.2, 0.25) is 0 Å². The van der Waals surface area contributed by atoms with E-state index in [1.165, 1.54) is 24.3 Å². The van der Waals surface area contributed by atoms with Crippen LogP contribution in [0.15, 0.2) is 52.7 Å². The Morgan fingerprint density at radius 2 is 1.70 bits per heavy atom. The molecule has 0 aromatic heterocycles. The summed E-state index contributed by atoms with van der Waals surface area (Å²) in [4.78, 5) is 47.2. The topological polar surface area (TPSA) is 192 Å². The predicted molar refractivity (Wildman–Crippen MR) is 89.3 cm³/mol. The molecule has 0 spiro atoms. The average Bonchev–Trinajstić information content (AvgIpc) is 2.64. The summed E-state index contributed by atoms with van der Waals surface area (Å²) < 4.78 is 0. The summed E-state index contributed by atoms with van der Waals surface area (Å²) in [6.07, 6.45) is 0. The van der Waals surface area contributed by atoms with Gasteiger partial charge in [-0.2, -0.15) is 0 Å². The zero-order valence-electron chi connectivity index (χ0n) is 13.3. The van der Waals surface area contributed by atoms with Crippen molar-refractivity contribution >= 4 is 34.7 Å². The van der Waals surface area contributed by atoms with Crippen LogP contribution in [0.4, 0.5) is 27.5 Å². The van der Waals surface area contributed by atoms with Crippen LogP contribution in [0.3, 0.4) is 0 Å². The van der Waals surface area contributed by atoms with E-state index in [2.05, 4.69) is 15.7 Å². The second-order valence-corrected chi connectivity index (χ2v) is 4.79. The summed E-state index contributed by atoms with van der Waals surface area (Å²) in [5.41, 5.74) is 5.90. The Balaban J connectivity index is 2.10. The molecule has 0 bridgehead atoms. The van der Waals surface area contributed by atoms with Crippen LogP contribution < -0.4 is 11.2 Å². The van der Waals surface area contributed by atoms with Crippen molar-refractivity contribution < 1.29 is 24.3 Å². The minimum atomic E-state index is -1.12. The Hall–Kier alpha value is -4.42. The standard InChI is InChI=1S/C14H10N6O7/c15-14(22)17-16-8-1-3-9(4-2-8)18-27-13(21)11-6-5-10(19(23)24)7-12(11)20(25)26/h1-7,18H,(H2,15,22). The van der Waals surface area contributed by atoms with E-state index < -0.39 is 38.8 Å². The molecular weight excluding hydrogens is 364 g/mol. The highest BCUT2D eigenvalue weighted by molar-refractivity contribution is 5.94. The quantitative estimate of drug-likeness (QED) is 0.437. The maximum atomic E-state index is 12.0. The van der Waals surface area contributed by atoms with Crippen molar-refractivity contribution in [1.82, 2.24) is 0 Å². The number of carbonyl (C=O) groups is 2. The summed E-state index contributed by atoms with van der Waals surface area (Å²) in [5, 5.41) is 28.4. The second kappa shape index (κ2) is 8.11. The number of nitro groups is 2. The molecule has 2 aromatic carbocycles. The lowest BCUT2D eigenvalue weighted by Crippen LogP contribution is -2.12. The van der Waals surface area contributed by atoms with E-state index in [0.29, 0.717) is 11.8 Å². The number of hydrogen-bond acceptors (Lipinski definition) is 9. The van der Waals surface area contributed by atoms with Crippen LogP contribution in [-0.2, 0) is 4.84 Å². The van der Waals surface area contributed by atoms with Gasteiger partial charge in [-0.1, -0.05) is 5.11 Å². The Kier molecular flexibility index (Phi) is 5.68. The van der Waals surface area contributed by atoms with Crippen molar-refractivity contribution in [2.75, 3.05) is 5.48 Å². The van der Waals surface area contributed by atoms with Gasteiger partial charge in [0.15, 0.2) is 0 Å². The fourth-order valence-corrected chi connectivity index (χ4v) is 1.82. The first-order valence-electron chi connectivity index (χ1n) is 6.99. The summed E-state index contributed by atoms with van der Waals surface area (Å²) in [7, 11) is 0. The molecule has 0 unspecified atom stereocenters. The van der Waals surface area contributed by atoms with Gasteiger partial charge < -0.3 is 10.6 Å². The number of non-ortho nitro benzene ring substituents is 1. The monoisotopic (exact) mass is 374 g/mol. The molecule has 0 saturated carbocycles. The third-order valence-electron chi connectivity index (χ3n) is 3.00. The van der Waals surface area contributed by atoms with Crippen molar-refractivity contribution in [2.45, 2.75) is 0 Å². The lowest BCUT2D eigenvalue weighted by molar-refractivity contribution is -0.394. The van der Waals surface area contributed by atoms with Crippen LogP contribution >= 0.6 is 0 Å². The number of amides is 2. The molecule has 0 heterocycles. The largest absolute Gasteiger partial charge is 0.369 e. The third-order valence-corrected chi connectivity index (χ3v) is 3.00. The molecule has 2 rings (SSSR count). The first kappa shape index (κ1) is 18.9. The summed E-state index contributed by atoms with van der Waals surface area (Å²) in [6, 6.07) is 7.27. The Labute approximate surface area is 149 Å². The van der Waals surface area contributed by atoms with E-state index in [-0.39, 0.29) is 5.69 Å². The summed E-state index contributed by atoms with van der Waals surface area (Å²) >= 11 is 0. The Morgan fingerprint density at radius 1 is 1.04 bits per heavy atom. The summed E-state index contributed by atoms with van der Waals surface area (Å²) in [6.45, 7) is 0. The zero-order chi connectivity index (χ0) is 20.0. The number of rotatable bonds is 6. The molecule has 13 nitrogen and oxygen atoms in total. The first-order chi connectivity index (χ1) is 12.8. The van der Waals surface area contributed by atoms with Gasteiger partial charge in [0, 0.05) is 6.07 Å². The molecule has 0 aliphatic heterocycles. The molecule has 0 aliphatic carbocycles. The van der Waals surface area contributed by atoms with E-state index in [0.717, 1.165) is 12.1 Å². The molecule has 27 heavy (non-hydrogen) atoms. The van der Waals surface area contributed by atoms with Crippen LogP contribution in [0.1, 0.15) is 10.4 Å². The van der Waals surface area contributed by atoms with E-state index >= 15 is 0 Å². The number of nitrogens with one attached hydrogen (secondary N) is 1. The Morgan fingerprint density at radius 3 is 2.26 bits per heavy atom. The number of nitrogens with two attached hydrogens (primary N) is 1. The minimum absolute atomic E-state index is 0.283. The van der Waals surface area contributed by atoms with Gasteiger partial charge in [-0.05, 0) is 30.3 Å². The van der Waals surface area contributed by atoms with Crippen LogP contribution in [-0.4, -0.2) is 21.8 Å². The molecular formula is C14H10N6O7. The predicted octanol–water partition coefficient (Wildman–Crippen LogP) is 2.85. The first-order valence-corrected chi connectivity index (χ1v) is 6.99. The smallest absolute Gasteiger partial charge is 0.348 e. The lowest BCUT2D eigenvalue weighted by Gasteiger charge is -2.07. The number of nitro benzene ring substituents is 2. The highest BCUT2D eigenvalue weighted by atomic mass is 16.7. The van der Waals surface area contributed by atoms with Gasteiger partial charge in [0.25, 0.3) is 11.4 Å². The molecule has 0 aliphatic rings. The average molecular weight is 374 g/mol. The number of hydrogen-bond donors (Lipinski definition) is 2. The number of primary amides is 1. The SMILES string of the molecule is NC(=O)N=Nc1ccc(NOC(=O)c2ccc([N+](=O)[O-])cc2[N+](=O)[O-])cc1. The molecule has 0 atom stereocenters. The van der Waals surface area contributed by atoms with Crippen molar-refractivity contribution in [3.8, 4) is 0 Å². The molecule has 0 radical (unpaired) electrons. The van der Waals surface area contributed by atoms with Gasteiger partial charge in [-0.15, -0.1) is 5.11 Å². The summed E-state index contributed by atoms with van der Waals surface area (Å²) in [5.74, 6) is -1.12. The lowest BCUT2D eigenvalue weighted by atomic mass is 10.1. The normalized spacial score (nSPS) is 10.4. The molecule has 13 heteroatoms. The zero-order valence-corrected chi connectivity index (χ0v) is 13.3. The molecule has 2 aromatic rings. The second-order valence-electron chi connectivity index (χ2n) is 4.79. The van der Waals surface area contributed by atoms with E-state index in [9.17, 15) is 29.8 Å². The van der Waals surface area contributed by atoms with Crippen LogP contribution in [0.25, 0.3) is 0 Å². The van der Waals surface area contributed by atoms with Crippen molar-refractivity contribution in [3.63, 3.8) is 0 Å². The molecule has 138 valence electrons. The molecule has 0 saturated heterocycles. The fourth-order valence-electron chi connectivity index (χ4n) is 1.82. The van der Waals surface area contributed by atoms with Gasteiger partial charge in [-0.3, -0.25) is 20.2 Å². The van der Waals surface area contributed by atoms with Crippen molar-refractivity contribution in [3.05, 3.63) is 68.3 Å². The van der Waals surface area contributed by atoms with E-state index in [1.54, 1.807) is 0 Å². The number of benzene rings is 2. The van der Waals surface area contributed by atoms with Crippen molar-refractivity contribution in [2.24, 2.45) is 16.0 Å². The van der Waals surface area contributed by atoms with Gasteiger partial charge >= 0.3 is 12.0 Å². The minimum Gasteiger partial charge on any atom is -0.348 e. The molecule has 0 fully saturated rings. The molecule has 2 amide bonds. The van der Waals surface area contributed by atoms with Crippen molar-refractivity contribution in [1.29, 1.82) is 0 Å². The van der Waals surface area contributed by atoms with E-state index in [1.807, 2.05) is 0 Å². The number of carbonyl (C=O) groups excluding carboxylic acids is 2. The number of nitrogens with zero attached hydrogens (tertiary/aromatic N) is 4. The maximum absolute atomic E-state index is 12.0. The van der Waals surface area contributed by atoms with Gasteiger partial charge in [-0.25, -0.2) is 15.1 Å². The maximum Gasteiger partial charge on any atom is 0.369 e. The number of anilines is 1. The van der Waals surface area contributed by atoms with E-state index in [4.69, 9.17) is 10.6 Å². The third kappa shape index (κ3) is 5.02. The number of azo groups is 1. The van der Waals surface area contributed by atoms with Crippen LogP contribution in [0.5, 0.6) is 0 Å². The van der Waals surface area contributed by atoms with Gasteiger partial charge in [0.1, 0.15) is 5.56 Å². The van der Waals surface area contributed by atoms with Gasteiger partial charge in [0.05, 0.1) is 27.3 Å². The Bertz CT molecular complexity index is 941. The molecule has 3 N–H and O–H groups in total. The van der Waals surface area contributed by atoms with Gasteiger partial charge in [0.2, 0.25) is 0 Å². The van der Waals surface area contributed by atoms with Crippen LogP contribution in [0, 0.1) is 20.2 Å².